The van der Waals surface area contributed by atoms with Gasteiger partial charge in [-0.2, -0.15) is 0 Å². The minimum Gasteiger partial charge on any atom is -0.0622 e. The molecule has 4 rings (SSSR count). The summed E-state index contributed by atoms with van der Waals surface area (Å²) in [7, 11) is 1.28. The van der Waals surface area contributed by atoms with Crippen LogP contribution >= 0.6 is 0 Å². The molecule has 2 saturated heterocycles. The maximum Gasteiger partial charge on any atom is 0.133 e. The van der Waals surface area contributed by atoms with E-state index in [0.29, 0.717) is 21.8 Å². The lowest BCUT2D eigenvalue weighted by molar-refractivity contribution is 0.949. The highest BCUT2D eigenvalue weighted by Crippen LogP contribution is 2.30. The highest BCUT2D eigenvalue weighted by atomic mass is 32.2. The van der Waals surface area contributed by atoms with E-state index >= 15 is 0 Å². The van der Waals surface area contributed by atoms with Crippen molar-refractivity contribution < 1.29 is 0 Å². The minimum atomic E-state index is 0.629. The van der Waals surface area contributed by atoms with Crippen LogP contribution in [0.1, 0.15) is 36.8 Å². The Labute approximate surface area is 152 Å². The summed E-state index contributed by atoms with van der Waals surface area (Å²) in [5.74, 6) is 8.46. The Morgan fingerprint density at radius 3 is 1.96 bits per heavy atom. The third-order valence-electron chi connectivity index (χ3n) is 5.22. The molecule has 0 bridgehead atoms. The molecule has 2 aliphatic rings. The molecule has 0 N–H and O–H groups in total. The van der Waals surface area contributed by atoms with E-state index in [1.165, 1.54) is 71.3 Å². The molecule has 0 saturated carbocycles. The standard InChI is InChI=1S/C22H28S2/c1-2-8-20(9-3-1)22-16-19(17-23-12-4-5-13-23)10-11-21(22)18-24-14-6-7-15-24/h1-3,8-11,16H,4-7,12-15,17-18H2/q+2. The lowest BCUT2D eigenvalue weighted by Crippen LogP contribution is -2.09. The van der Waals surface area contributed by atoms with Gasteiger partial charge < -0.3 is 0 Å². The van der Waals surface area contributed by atoms with Crippen LogP contribution in [-0.4, -0.2) is 23.0 Å². The molecular formula is C22H28S2+2. The third kappa shape index (κ3) is 4.03. The Morgan fingerprint density at radius 1 is 0.667 bits per heavy atom. The Morgan fingerprint density at radius 2 is 1.29 bits per heavy atom. The largest absolute Gasteiger partial charge is 0.133 e. The molecular weight excluding hydrogens is 328 g/mol. The molecule has 0 nitrogen and oxygen atoms in total. The molecule has 2 aromatic rings. The van der Waals surface area contributed by atoms with Gasteiger partial charge in [-0.3, -0.25) is 0 Å². The molecule has 0 radical (unpaired) electrons. The van der Waals surface area contributed by atoms with Gasteiger partial charge in [-0.25, -0.2) is 0 Å². The lowest BCUT2D eigenvalue weighted by Gasteiger charge is -2.12. The van der Waals surface area contributed by atoms with Crippen molar-refractivity contribution in [2.75, 3.05) is 23.0 Å². The Kier molecular flexibility index (Phi) is 5.54. The van der Waals surface area contributed by atoms with Gasteiger partial charge in [0, 0.05) is 11.1 Å². The van der Waals surface area contributed by atoms with Gasteiger partial charge in [0.2, 0.25) is 0 Å². The zero-order valence-corrected chi connectivity index (χ0v) is 16.1. The highest BCUT2D eigenvalue weighted by Gasteiger charge is 2.27. The maximum absolute atomic E-state index is 2.52. The van der Waals surface area contributed by atoms with Crippen LogP contribution in [0.4, 0.5) is 0 Å². The topological polar surface area (TPSA) is 0 Å². The highest BCUT2D eigenvalue weighted by molar-refractivity contribution is 7.96. The van der Waals surface area contributed by atoms with Crippen LogP contribution in [0.25, 0.3) is 11.1 Å². The predicted octanol–water partition coefficient (Wildman–Crippen LogP) is 5.18. The molecule has 24 heavy (non-hydrogen) atoms. The summed E-state index contributed by atoms with van der Waals surface area (Å²) in [5, 5.41) is 0. The lowest BCUT2D eigenvalue weighted by atomic mass is 9.98. The summed E-state index contributed by atoms with van der Waals surface area (Å²) in [6.45, 7) is 0. The normalized spacial score (nSPS) is 19.2. The van der Waals surface area contributed by atoms with Crippen molar-refractivity contribution in [1.29, 1.82) is 0 Å². The van der Waals surface area contributed by atoms with Crippen LogP contribution in [0.3, 0.4) is 0 Å². The molecule has 2 aromatic carbocycles. The molecule has 126 valence electrons. The van der Waals surface area contributed by atoms with Crippen molar-refractivity contribution in [1.82, 2.24) is 0 Å². The van der Waals surface area contributed by atoms with E-state index in [1.807, 2.05) is 0 Å². The van der Waals surface area contributed by atoms with Gasteiger partial charge in [0.05, 0.1) is 0 Å². The van der Waals surface area contributed by atoms with Gasteiger partial charge in [-0.1, -0.05) is 42.5 Å². The summed E-state index contributed by atoms with van der Waals surface area (Å²) in [6.07, 6.45) is 5.81. The first kappa shape index (κ1) is 16.6. The number of benzene rings is 2. The number of hydrogen-bond acceptors (Lipinski definition) is 0. The fourth-order valence-corrected chi connectivity index (χ4v) is 8.68. The van der Waals surface area contributed by atoms with Crippen molar-refractivity contribution >= 4 is 21.8 Å². The number of hydrogen-bond donors (Lipinski definition) is 0. The zero-order valence-electron chi connectivity index (χ0n) is 14.5. The molecule has 2 aliphatic heterocycles. The molecule has 0 unspecified atom stereocenters. The molecule has 0 atom stereocenters. The second-order valence-electron chi connectivity index (χ2n) is 7.10. The van der Waals surface area contributed by atoms with Crippen molar-refractivity contribution in [2.24, 2.45) is 0 Å². The van der Waals surface area contributed by atoms with Crippen LogP contribution < -0.4 is 0 Å². The molecule has 0 aliphatic carbocycles. The average molecular weight is 357 g/mol. The van der Waals surface area contributed by atoms with E-state index in [0.717, 1.165) is 0 Å². The fourth-order valence-electron chi connectivity index (χ4n) is 3.90. The molecule has 2 fully saturated rings. The van der Waals surface area contributed by atoms with E-state index in [4.69, 9.17) is 0 Å². The zero-order chi connectivity index (χ0) is 16.2. The quantitative estimate of drug-likeness (QED) is 0.648. The molecule has 2 heteroatoms. The summed E-state index contributed by atoms with van der Waals surface area (Å²) >= 11 is 0. The molecule has 2 heterocycles. The summed E-state index contributed by atoms with van der Waals surface area (Å²) in [6, 6.07) is 18.5. The van der Waals surface area contributed by atoms with Crippen molar-refractivity contribution in [3.05, 3.63) is 59.7 Å². The number of rotatable bonds is 5. The smallest absolute Gasteiger partial charge is 0.0622 e. The van der Waals surface area contributed by atoms with Crippen LogP contribution in [0.5, 0.6) is 0 Å². The first-order chi connectivity index (χ1) is 11.9. The van der Waals surface area contributed by atoms with Crippen molar-refractivity contribution in [3.8, 4) is 11.1 Å². The van der Waals surface area contributed by atoms with Gasteiger partial charge in [-0.05, 0) is 64.7 Å². The minimum absolute atomic E-state index is 0.629. The Hall–Kier alpha value is -0.860. The van der Waals surface area contributed by atoms with E-state index in [1.54, 1.807) is 11.1 Å². The predicted molar refractivity (Wildman–Crippen MR) is 112 cm³/mol. The summed E-state index contributed by atoms with van der Waals surface area (Å²) in [4.78, 5) is 0. The Bertz CT molecular complexity index is 653. The van der Waals surface area contributed by atoms with Crippen LogP contribution in [-0.2, 0) is 33.3 Å². The first-order valence-electron chi connectivity index (χ1n) is 9.34. The van der Waals surface area contributed by atoms with Crippen LogP contribution in [0.15, 0.2) is 48.5 Å². The van der Waals surface area contributed by atoms with E-state index in [2.05, 4.69) is 48.5 Å². The molecule has 0 amide bonds. The van der Waals surface area contributed by atoms with Gasteiger partial charge in [0.15, 0.2) is 0 Å². The van der Waals surface area contributed by atoms with Crippen LogP contribution in [0.2, 0.25) is 0 Å². The van der Waals surface area contributed by atoms with E-state index < -0.39 is 0 Å². The SMILES string of the molecule is c1ccc(-c2cc(C[S+]3CCCC3)ccc2C[S+]2CCCC2)cc1. The van der Waals surface area contributed by atoms with Gasteiger partial charge in [0.1, 0.15) is 34.5 Å². The molecule has 0 aromatic heterocycles. The van der Waals surface area contributed by atoms with Crippen molar-refractivity contribution in [3.63, 3.8) is 0 Å². The summed E-state index contributed by atoms with van der Waals surface area (Å²) in [5.41, 5.74) is 6.07. The second kappa shape index (κ2) is 8.01. The Balaban J connectivity index is 1.62. The maximum atomic E-state index is 2.52. The van der Waals surface area contributed by atoms with Crippen LogP contribution in [0, 0.1) is 0 Å². The summed E-state index contributed by atoms with van der Waals surface area (Å²) < 4.78 is 0. The third-order valence-corrected chi connectivity index (χ3v) is 10.1. The fraction of sp³-hybridized carbons (Fsp3) is 0.455. The van der Waals surface area contributed by atoms with E-state index in [9.17, 15) is 0 Å². The monoisotopic (exact) mass is 356 g/mol. The van der Waals surface area contributed by atoms with Gasteiger partial charge in [0.25, 0.3) is 0 Å². The second-order valence-corrected chi connectivity index (χ2v) is 11.8. The molecule has 0 spiro atoms. The average Bonchev–Trinajstić information content (AvgIpc) is 3.31. The van der Waals surface area contributed by atoms with E-state index in [-0.39, 0.29) is 0 Å². The van der Waals surface area contributed by atoms with Crippen molar-refractivity contribution in [2.45, 2.75) is 37.2 Å². The van der Waals surface area contributed by atoms with Gasteiger partial charge >= 0.3 is 0 Å². The first-order valence-corrected chi connectivity index (χ1v) is 12.8. The van der Waals surface area contributed by atoms with Gasteiger partial charge in [-0.15, -0.1) is 0 Å².